The first-order valence-corrected chi connectivity index (χ1v) is 8.09. The average Bonchev–Trinajstić information content (AvgIpc) is 2.99. The minimum absolute atomic E-state index is 0.386. The molecule has 0 radical (unpaired) electrons. The monoisotopic (exact) mass is 300 g/mol. The van der Waals surface area contributed by atoms with Crippen molar-refractivity contribution in [2.24, 2.45) is 0 Å². The third-order valence-corrected chi connectivity index (χ3v) is 4.56. The van der Waals surface area contributed by atoms with Crippen LogP contribution < -0.4 is 5.73 Å². The van der Waals surface area contributed by atoms with Gasteiger partial charge in [0.1, 0.15) is 5.82 Å². The summed E-state index contributed by atoms with van der Waals surface area (Å²) in [6.45, 7) is 7.29. The van der Waals surface area contributed by atoms with Gasteiger partial charge < -0.3 is 10.3 Å². The summed E-state index contributed by atoms with van der Waals surface area (Å²) < 4.78 is 2.30. The highest BCUT2D eigenvalue weighted by molar-refractivity contribution is 7.09. The Morgan fingerprint density at radius 1 is 1.29 bits per heavy atom. The fraction of sp³-hybridized carbons (Fsp3) is 0.375. The number of fused-ring (bicyclic) bond motifs is 1. The van der Waals surface area contributed by atoms with Crippen LogP contribution in [0.2, 0.25) is 0 Å². The summed E-state index contributed by atoms with van der Waals surface area (Å²) in [6.07, 6.45) is 0.939. The highest BCUT2D eigenvalue weighted by Crippen LogP contribution is 2.24. The maximum atomic E-state index is 5.87. The van der Waals surface area contributed by atoms with Gasteiger partial charge in [-0.25, -0.2) is 9.97 Å². The van der Waals surface area contributed by atoms with E-state index in [2.05, 4.69) is 34.8 Å². The van der Waals surface area contributed by atoms with E-state index in [4.69, 9.17) is 10.7 Å². The molecule has 3 aromatic rings. The molecule has 5 heteroatoms. The van der Waals surface area contributed by atoms with Crippen LogP contribution in [-0.2, 0) is 13.0 Å². The number of benzene rings is 1. The Hall–Kier alpha value is -1.88. The van der Waals surface area contributed by atoms with E-state index in [0.29, 0.717) is 5.92 Å². The molecule has 1 aromatic carbocycles. The summed E-state index contributed by atoms with van der Waals surface area (Å²) in [5.41, 5.74) is 9.87. The second-order valence-corrected chi connectivity index (χ2v) is 6.60. The summed E-state index contributed by atoms with van der Waals surface area (Å²) in [6, 6.07) is 5.96. The molecule has 0 unspecified atom stereocenters. The molecule has 0 aliphatic heterocycles. The summed E-state index contributed by atoms with van der Waals surface area (Å²) in [5, 5.41) is 3.28. The molecule has 0 atom stereocenters. The van der Waals surface area contributed by atoms with Crippen LogP contribution in [0.1, 0.15) is 36.3 Å². The lowest BCUT2D eigenvalue weighted by Crippen LogP contribution is -2.07. The minimum atomic E-state index is 0.386. The smallest absolute Gasteiger partial charge is 0.112 e. The van der Waals surface area contributed by atoms with Crippen LogP contribution in [0.3, 0.4) is 0 Å². The topological polar surface area (TPSA) is 56.7 Å². The van der Waals surface area contributed by atoms with Crippen molar-refractivity contribution in [2.45, 2.75) is 39.7 Å². The fourth-order valence-corrected chi connectivity index (χ4v) is 3.33. The van der Waals surface area contributed by atoms with E-state index in [9.17, 15) is 0 Å². The zero-order valence-corrected chi connectivity index (χ0v) is 13.4. The van der Waals surface area contributed by atoms with Gasteiger partial charge in [-0.15, -0.1) is 11.3 Å². The molecule has 2 aromatic heterocycles. The van der Waals surface area contributed by atoms with Crippen molar-refractivity contribution in [2.75, 3.05) is 5.73 Å². The second-order valence-electron chi connectivity index (χ2n) is 5.66. The molecule has 0 spiro atoms. The lowest BCUT2D eigenvalue weighted by atomic mass is 10.2. The van der Waals surface area contributed by atoms with Gasteiger partial charge in [0, 0.05) is 35.6 Å². The third kappa shape index (κ3) is 2.78. The van der Waals surface area contributed by atoms with Crippen molar-refractivity contribution in [3.05, 3.63) is 40.1 Å². The van der Waals surface area contributed by atoms with Crippen LogP contribution in [0.4, 0.5) is 5.69 Å². The van der Waals surface area contributed by atoms with Gasteiger partial charge in [-0.3, -0.25) is 0 Å². The van der Waals surface area contributed by atoms with Crippen LogP contribution in [0.15, 0.2) is 23.6 Å². The van der Waals surface area contributed by atoms with Gasteiger partial charge in [-0.1, -0.05) is 13.8 Å². The minimum Gasteiger partial charge on any atom is -0.399 e. The predicted octanol–water partition coefficient (Wildman–Crippen LogP) is 3.75. The van der Waals surface area contributed by atoms with Crippen LogP contribution in [0.25, 0.3) is 11.0 Å². The van der Waals surface area contributed by atoms with E-state index in [1.807, 2.05) is 19.1 Å². The highest BCUT2D eigenvalue weighted by atomic mass is 32.1. The average molecular weight is 300 g/mol. The summed E-state index contributed by atoms with van der Waals surface area (Å²) in [4.78, 5) is 9.30. The predicted molar refractivity (Wildman–Crippen MR) is 88.8 cm³/mol. The Kier molecular flexibility index (Phi) is 3.68. The number of nitrogens with two attached hydrogens (primary N) is 1. The lowest BCUT2D eigenvalue weighted by Gasteiger charge is -2.10. The number of hydrogen-bond donors (Lipinski definition) is 1. The summed E-state index contributed by atoms with van der Waals surface area (Å²) >= 11 is 1.73. The summed E-state index contributed by atoms with van der Waals surface area (Å²) in [5.74, 6) is 1.50. The maximum Gasteiger partial charge on any atom is 0.112 e. The molecular formula is C16H20N4S. The van der Waals surface area contributed by atoms with Gasteiger partial charge in [0.25, 0.3) is 0 Å². The number of aromatic nitrogens is 3. The first-order chi connectivity index (χ1) is 10.0. The molecule has 0 amide bonds. The van der Waals surface area contributed by atoms with Crippen LogP contribution in [0.5, 0.6) is 0 Å². The van der Waals surface area contributed by atoms with Crippen molar-refractivity contribution < 1.29 is 0 Å². The zero-order chi connectivity index (χ0) is 15.0. The van der Waals surface area contributed by atoms with Gasteiger partial charge in [0.2, 0.25) is 0 Å². The molecule has 0 bridgehead atoms. The Bertz CT molecular complexity index is 770. The van der Waals surface area contributed by atoms with E-state index in [1.54, 1.807) is 11.3 Å². The van der Waals surface area contributed by atoms with Gasteiger partial charge in [-0.05, 0) is 25.1 Å². The maximum absolute atomic E-state index is 5.87. The number of thiazole rings is 1. The molecule has 2 heterocycles. The molecule has 0 saturated heterocycles. The Labute approximate surface area is 128 Å². The van der Waals surface area contributed by atoms with Gasteiger partial charge in [-0.2, -0.15) is 0 Å². The van der Waals surface area contributed by atoms with E-state index < -0.39 is 0 Å². The van der Waals surface area contributed by atoms with Gasteiger partial charge in [0.05, 0.1) is 16.0 Å². The molecule has 0 aliphatic rings. The van der Waals surface area contributed by atoms with E-state index in [1.165, 1.54) is 5.01 Å². The molecule has 2 N–H and O–H groups in total. The molecule has 3 rings (SSSR count). The van der Waals surface area contributed by atoms with Crippen molar-refractivity contribution in [3.63, 3.8) is 0 Å². The highest BCUT2D eigenvalue weighted by Gasteiger charge is 2.14. The largest absolute Gasteiger partial charge is 0.399 e. The molecule has 0 saturated carbocycles. The first kappa shape index (κ1) is 14.1. The summed E-state index contributed by atoms with van der Waals surface area (Å²) in [7, 11) is 0. The molecular weight excluding hydrogens is 280 g/mol. The number of imidazole rings is 1. The van der Waals surface area contributed by atoms with Crippen molar-refractivity contribution in [1.29, 1.82) is 0 Å². The Balaban J connectivity index is 1.97. The fourth-order valence-electron chi connectivity index (χ4n) is 2.57. The molecule has 4 nitrogen and oxygen atoms in total. The van der Waals surface area contributed by atoms with Crippen LogP contribution >= 0.6 is 11.3 Å². The zero-order valence-electron chi connectivity index (χ0n) is 12.6. The number of anilines is 1. The number of nitrogens with zero attached hydrogens (tertiary/aromatic N) is 3. The van der Waals surface area contributed by atoms with E-state index >= 15 is 0 Å². The number of aryl methyl sites for hydroxylation is 3. The van der Waals surface area contributed by atoms with Crippen molar-refractivity contribution in [1.82, 2.24) is 14.5 Å². The number of hydrogen-bond acceptors (Lipinski definition) is 4. The van der Waals surface area contributed by atoms with E-state index in [-0.39, 0.29) is 0 Å². The van der Waals surface area contributed by atoms with Crippen LogP contribution in [-0.4, -0.2) is 14.5 Å². The molecule has 21 heavy (non-hydrogen) atoms. The van der Waals surface area contributed by atoms with Crippen LogP contribution in [0, 0.1) is 6.92 Å². The molecule has 0 aliphatic carbocycles. The second kappa shape index (κ2) is 5.48. The Morgan fingerprint density at radius 3 is 2.76 bits per heavy atom. The number of nitrogen functional groups attached to an aromatic ring is 1. The third-order valence-electron chi connectivity index (χ3n) is 3.53. The lowest BCUT2D eigenvalue weighted by molar-refractivity contribution is 0.632. The van der Waals surface area contributed by atoms with Gasteiger partial charge >= 0.3 is 0 Å². The van der Waals surface area contributed by atoms with E-state index in [0.717, 1.165) is 41.2 Å². The normalized spacial score (nSPS) is 11.6. The molecule has 110 valence electrons. The SMILES string of the molecule is Cc1csc(CCn2c(C(C)C)nc3cc(N)ccc32)n1. The molecule has 0 fully saturated rings. The first-order valence-electron chi connectivity index (χ1n) is 7.21. The van der Waals surface area contributed by atoms with Gasteiger partial charge in [0.15, 0.2) is 0 Å². The number of rotatable bonds is 4. The standard InChI is InChI=1S/C16H20N4S/c1-10(2)16-19-13-8-12(17)4-5-14(13)20(16)7-6-15-18-11(3)9-21-15/h4-5,8-10H,6-7,17H2,1-3H3. The van der Waals surface area contributed by atoms with Crippen molar-refractivity contribution >= 4 is 28.1 Å². The Morgan fingerprint density at radius 2 is 2.10 bits per heavy atom. The quantitative estimate of drug-likeness (QED) is 0.747. The van der Waals surface area contributed by atoms with Crippen molar-refractivity contribution in [3.8, 4) is 0 Å².